The molecular weight excluding hydrogens is 539 g/mol. The summed E-state index contributed by atoms with van der Waals surface area (Å²) >= 11 is 0. The van der Waals surface area contributed by atoms with E-state index < -0.39 is 23.8 Å². The lowest BCUT2D eigenvalue weighted by Crippen LogP contribution is -2.54. The van der Waals surface area contributed by atoms with E-state index in [1.165, 1.54) is 15.9 Å². The van der Waals surface area contributed by atoms with Crippen molar-refractivity contribution in [2.24, 2.45) is 5.92 Å². The number of amides is 4. The molecular formula is C32H41FN4O5. The SMILES string of the molecule is CCCOc1ccc(C(=O)N2CC(=O)NCCCc3ccc(F)c(c3)C(=O)N3CCC[C@H]3C(=O)N[C@H](C(C)C)C2)cc1. The topological polar surface area (TPSA) is 108 Å². The molecule has 2 aromatic carbocycles. The minimum Gasteiger partial charge on any atom is -0.494 e. The zero-order valence-corrected chi connectivity index (χ0v) is 24.7. The molecule has 0 unspecified atom stereocenters. The Morgan fingerprint density at radius 3 is 2.57 bits per heavy atom. The van der Waals surface area contributed by atoms with Crippen LogP contribution in [0, 0.1) is 11.7 Å². The Labute approximate surface area is 246 Å². The number of halogens is 1. The third kappa shape index (κ3) is 7.66. The quantitative estimate of drug-likeness (QED) is 0.563. The van der Waals surface area contributed by atoms with Crippen molar-refractivity contribution in [3.05, 3.63) is 65.0 Å². The molecule has 2 aromatic rings. The van der Waals surface area contributed by atoms with Gasteiger partial charge in [0.25, 0.3) is 11.8 Å². The fourth-order valence-electron chi connectivity index (χ4n) is 5.33. The highest BCUT2D eigenvalue weighted by Gasteiger charge is 2.37. The molecule has 0 spiro atoms. The number of carbonyl (C=O) groups excluding carboxylic acids is 4. The van der Waals surface area contributed by atoms with Gasteiger partial charge in [0.15, 0.2) is 0 Å². The number of aryl methyl sites for hydroxylation is 1. The molecule has 2 N–H and O–H groups in total. The van der Waals surface area contributed by atoms with Crippen LogP contribution in [0.25, 0.3) is 0 Å². The van der Waals surface area contributed by atoms with Crippen molar-refractivity contribution in [1.29, 1.82) is 0 Å². The molecule has 2 aliphatic heterocycles. The van der Waals surface area contributed by atoms with Crippen LogP contribution in [0.4, 0.5) is 4.39 Å². The second-order valence-corrected chi connectivity index (χ2v) is 11.3. The first kappa shape index (κ1) is 31.0. The number of hydrogen-bond donors (Lipinski definition) is 2. The monoisotopic (exact) mass is 580 g/mol. The first-order chi connectivity index (χ1) is 20.2. The van der Waals surface area contributed by atoms with Crippen molar-refractivity contribution in [2.75, 3.05) is 32.8 Å². The second-order valence-electron chi connectivity index (χ2n) is 11.3. The Morgan fingerprint density at radius 1 is 1.10 bits per heavy atom. The lowest BCUT2D eigenvalue weighted by molar-refractivity contribution is -0.126. The van der Waals surface area contributed by atoms with Crippen molar-refractivity contribution < 1.29 is 28.3 Å². The number of nitrogens with zero attached hydrogens (tertiary/aromatic N) is 2. The molecule has 1 saturated heterocycles. The average Bonchev–Trinajstić information content (AvgIpc) is 3.47. The van der Waals surface area contributed by atoms with Crippen LogP contribution >= 0.6 is 0 Å². The predicted octanol–water partition coefficient (Wildman–Crippen LogP) is 3.56. The molecule has 9 nitrogen and oxygen atoms in total. The summed E-state index contributed by atoms with van der Waals surface area (Å²) in [4.78, 5) is 56.5. The number of hydrogen-bond acceptors (Lipinski definition) is 5. The van der Waals surface area contributed by atoms with Gasteiger partial charge in [-0.15, -0.1) is 0 Å². The second kappa shape index (κ2) is 14.3. The van der Waals surface area contributed by atoms with Gasteiger partial charge in [0.1, 0.15) is 17.6 Å². The molecule has 1 fully saturated rings. The van der Waals surface area contributed by atoms with E-state index in [4.69, 9.17) is 4.74 Å². The molecule has 42 heavy (non-hydrogen) atoms. The minimum absolute atomic E-state index is 0.0520. The van der Waals surface area contributed by atoms with Crippen molar-refractivity contribution in [1.82, 2.24) is 20.4 Å². The number of rotatable bonds is 5. The minimum atomic E-state index is -0.749. The highest BCUT2D eigenvalue weighted by Crippen LogP contribution is 2.24. The molecule has 2 heterocycles. The van der Waals surface area contributed by atoms with Crippen molar-refractivity contribution >= 4 is 23.6 Å². The Bertz CT molecular complexity index is 1280. The summed E-state index contributed by atoms with van der Waals surface area (Å²) < 4.78 is 20.4. The summed E-state index contributed by atoms with van der Waals surface area (Å²) in [5.74, 6) is -1.57. The third-order valence-electron chi connectivity index (χ3n) is 7.79. The van der Waals surface area contributed by atoms with Gasteiger partial charge in [-0.25, -0.2) is 4.39 Å². The zero-order chi connectivity index (χ0) is 30.2. The van der Waals surface area contributed by atoms with Crippen molar-refractivity contribution in [3.8, 4) is 5.75 Å². The maximum absolute atomic E-state index is 14.8. The van der Waals surface area contributed by atoms with E-state index in [-0.39, 0.29) is 42.3 Å². The highest BCUT2D eigenvalue weighted by molar-refractivity contribution is 5.99. The van der Waals surface area contributed by atoms with E-state index in [2.05, 4.69) is 10.6 Å². The van der Waals surface area contributed by atoms with Gasteiger partial charge in [-0.05, 0) is 80.0 Å². The van der Waals surface area contributed by atoms with Gasteiger partial charge < -0.3 is 25.2 Å². The van der Waals surface area contributed by atoms with E-state index in [0.717, 1.165) is 12.0 Å². The molecule has 4 rings (SSSR count). The van der Waals surface area contributed by atoms with Crippen molar-refractivity contribution in [2.45, 2.75) is 65.0 Å². The van der Waals surface area contributed by atoms with Gasteiger partial charge in [-0.1, -0.05) is 26.8 Å². The average molecular weight is 581 g/mol. The van der Waals surface area contributed by atoms with Gasteiger partial charge >= 0.3 is 0 Å². The standard InChI is InChI=1S/C32H41FN4O5/c1-4-17-42-24-12-10-23(11-13-24)31(40)36-19-27(21(2)3)35-30(39)28-8-6-16-37(28)32(41)25-18-22(9-14-26(25)33)7-5-15-34-29(38)20-36/h9-14,18,21,27-28H,4-8,15-17,19-20H2,1-3H3,(H,34,38)(H,35,39)/t27-,28-/m0/s1. The van der Waals surface area contributed by atoms with Crippen LogP contribution in [0.3, 0.4) is 0 Å². The molecule has 0 saturated carbocycles. The van der Waals surface area contributed by atoms with Crippen LogP contribution in [-0.2, 0) is 16.0 Å². The van der Waals surface area contributed by atoms with Gasteiger partial charge in [-0.3, -0.25) is 19.2 Å². The molecule has 2 bridgehead atoms. The largest absolute Gasteiger partial charge is 0.494 e. The highest BCUT2D eigenvalue weighted by atomic mass is 19.1. The number of carbonyl (C=O) groups is 4. The fraction of sp³-hybridized carbons (Fsp3) is 0.500. The third-order valence-corrected chi connectivity index (χ3v) is 7.79. The summed E-state index contributed by atoms with van der Waals surface area (Å²) in [6.07, 6.45) is 3.04. The Balaban J connectivity index is 1.61. The Kier molecular flexibility index (Phi) is 10.5. The van der Waals surface area contributed by atoms with E-state index in [0.29, 0.717) is 56.7 Å². The molecule has 4 amide bonds. The summed E-state index contributed by atoms with van der Waals surface area (Å²) in [6.45, 7) is 7.05. The van der Waals surface area contributed by atoms with E-state index in [9.17, 15) is 23.6 Å². The van der Waals surface area contributed by atoms with Gasteiger partial charge in [0.2, 0.25) is 11.8 Å². The zero-order valence-electron chi connectivity index (χ0n) is 24.7. The molecule has 10 heteroatoms. The molecule has 2 aliphatic rings. The smallest absolute Gasteiger partial charge is 0.257 e. The molecule has 2 atom stereocenters. The van der Waals surface area contributed by atoms with Crippen LogP contribution in [0.2, 0.25) is 0 Å². The number of nitrogens with one attached hydrogen (secondary N) is 2. The van der Waals surface area contributed by atoms with Crippen LogP contribution in [0.1, 0.15) is 72.7 Å². The van der Waals surface area contributed by atoms with Crippen molar-refractivity contribution in [3.63, 3.8) is 0 Å². The fourth-order valence-corrected chi connectivity index (χ4v) is 5.33. The van der Waals surface area contributed by atoms with Crippen LogP contribution in [0.5, 0.6) is 5.75 Å². The van der Waals surface area contributed by atoms with Gasteiger partial charge in [0, 0.05) is 31.2 Å². The molecule has 0 aromatic heterocycles. The van der Waals surface area contributed by atoms with Gasteiger partial charge in [-0.2, -0.15) is 0 Å². The van der Waals surface area contributed by atoms with Crippen LogP contribution < -0.4 is 15.4 Å². The first-order valence-corrected chi connectivity index (χ1v) is 14.9. The van der Waals surface area contributed by atoms with Crippen LogP contribution in [0.15, 0.2) is 42.5 Å². The van der Waals surface area contributed by atoms with Crippen LogP contribution in [-0.4, -0.2) is 78.3 Å². The summed E-state index contributed by atoms with van der Waals surface area (Å²) in [7, 11) is 0. The van der Waals surface area contributed by atoms with E-state index >= 15 is 0 Å². The predicted molar refractivity (Wildman–Crippen MR) is 157 cm³/mol. The number of ether oxygens (including phenoxy) is 1. The van der Waals surface area contributed by atoms with Gasteiger partial charge in [0.05, 0.1) is 18.7 Å². The molecule has 0 radical (unpaired) electrons. The summed E-state index contributed by atoms with van der Waals surface area (Å²) in [5.41, 5.74) is 1.12. The number of fused-ring (bicyclic) bond motifs is 3. The summed E-state index contributed by atoms with van der Waals surface area (Å²) in [5, 5.41) is 5.90. The molecule has 0 aliphatic carbocycles. The van der Waals surface area contributed by atoms with E-state index in [1.807, 2.05) is 20.8 Å². The maximum Gasteiger partial charge on any atom is 0.257 e. The Morgan fingerprint density at radius 2 is 1.86 bits per heavy atom. The maximum atomic E-state index is 14.8. The lowest BCUT2D eigenvalue weighted by Gasteiger charge is -2.32. The lowest BCUT2D eigenvalue weighted by atomic mass is 10.0. The first-order valence-electron chi connectivity index (χ1n) is 14.9. The normalized spacial score (nSPS) is 20.5. The Hall–Kier alpha value is -3.95. The van der Waals surface area contributed by atoms with E-state index in [1.54, 1.807) is 36.4 Å². The summed E-state index contributed by atoms with van der Waals surface area (Å²) in [6, 6.07) is 10.0. The number of benzene rings is 2. The molecule has 226 valence electrons.